The molecule has 0 aromatic heterocycles. The predicted octanol–water partition coefficient (Wildman–Crippen LogP) is 5.14. The second-order valence-electron chi connectivity index (χ2n) is 6.73. The second kappa shape index (κ2) is 7.92. The van der Waals surface area contributed by atoms with Gasteiger partial charge in [0.1, 0.15) is 0 Å². The van der Waals surface area contributed by atoms with Crippen LogP contribution in [0.1, 0.15) is 44.6 Å². The van der Waals surface area contributed by atoms with Crippen molar-refractivity contribution >= 4 is 34.8 Å². The third kappa shape index (κ3) is 3.91. The summed E-state index contributed by atoms with van der Waals surface area (Å²) in [5, 5.41) is 6.49. The first-order chi connectivity index (χ1) is 12.5. The maximum Gasteiger partial charge on any atom is 0.235 e. The van der Waals surface area contributed by atoms with Gasteiger partial charge in [0.15, 0.2) is 0 Å². The molecule has 1 saturated carbocycles. The van der Waals surface area contributed by atoms with E-state index >= 15 is 0 Å². The minimum absolute atomic E-state index is 0.00242. The van der Waals surface area contributed by atoms with Crippen LogP contribution in [0.5, 0.6) is 0 Å². The van der Waals surface area contributed by atoms with Gasteiger partial charge in [-0.2, -0.15) is 0 Å². The van der Waals surface area contributed by atoms with Crippen molar-refractivity contribution in [1.82, 2.24) is 0 Å². The van der Waals surface area contributed by atoms with Crippen molar-refractivity contribution in [3.63, 3.8) is 0 Å². The lowest BCUT2D eigenvalue weighted by atomic mass is 9.78. The molecule has 3 rings (SSSR count). The maximum atomic E-state index is 13.1. The molecule has 5 heteroatoms. The van der Waals surface area contributed by atoms with E-state index in [-0.39, 0.29) is 11.8 Å². The quantitative estimate of drug-likeness (QED) is 0.765. The van der Waals surface area contributed by atoms with E-state index in [1.807, 2.05) is 36.4 Å². The van der Waals surface area contributed by atoms with E-state index in [0.29, 0.717) is 11.4 Å². The maximum absolute atomic E-state index is 13.1. The van der Waals surface area contributed by atoms with Crippen molar-refractivity contribution in [2.75, 3.05) is 10.6 Å². The number of halogens is 1. The number of carbonyl (C=O) groups excluding carboxylic acids is 2. The summed E-state index contributed by atoms with van der Waals surface area (Å²) < 4.78 is 0. The molecule has 26 heavy (non-hydrogen) atoms. The number of hydrogen-bond acceptors (Lipinski definition) is 2. The van der Waals surface area contributed by atoms with Crippen LogP contribution in [-0.4, -0.2) is 11.8 Å². The molecule has 0 spiro atoms. The zero-order valence-electron chi connectivity index (χ0n) is 14.8. The van der Waals surface area contributed by atoms with Gasteiger partial charge >= 0.3 is 0 Å². The number of hydrogen-bond donors (Lipinski definition) is 2. The van der Waals surface area contributed by atoms with Crippen LogP contribution >= 0.6 is 11.6 Å². The molecule has 136 valence electrons. The number of benzene rings is 2. The summed E-state index contributed by atoms with van der Waals surface area (Å²) in [6.45, 7) is 1.81. The Morgan fingerprint density at radius 2 is 1.62 bits per heavy atom. The Labute approximate surface area is 158 Å². The van der Waals surface area contributed by atoms with E-state index in [0.717, 1.165) is 42.6 Å². The van der Waals surface area contributed by atoms with Gasteiger partial charge < -0.3 is 10.6 Å². The highest BCUT2D eigenvalue weighted by atomic mass is 35.5. The average molecular weight is 371 g/mol. The van der Waals surface area contributed by atoms with Gasteiger partial charge in [-0.3, -0.25) is 9.59 Å². The molecule has 0 bridgehead atoms. The molecule has 0 atom stereocenters. The molecule has 1 aliphatic carbocycles. The average Bonchev–Trinajstić information content (AvgIpc) is 3.14. The Balaban J connectivity index is 1.78. The fraction of sp³-hybridized carbons (Fsp3) is 0.333. The summed E-state index contributed by atoms with van der Waals surface area (Å²) >= 11 is 6.15. The van der Waals surface area contributed by atoms with Crippen LogP contribution in [-0.2, 0) is 15.0 Å². The molecule has 4 nitrogen and oxygen atoms in total. The third-order valence-corrected chi connectivity index (χ3v) is 5.25. The molecule has 1 fully saturated rings. The molecular formula is C21H23ClN2O2. The van der Waals surface area contributed by atoms with Crippen molar-refractivity contribution in [2.24, 2.45) is 0 Å². The van der Waals surface area contributed by atoms with Crippen LogP contribution in [0.25, 0.3) is 0 Å². The molecule has 0 unspecified atom stereocenters. The summed E-state index contributed by atoms with van der Waals surface area (Å²) in [6.07, 6.45) is 4.14. The largest absolute Gasteiger partial charge is 0.326 e. The summed E-state index contributed by atoms with van der Waals surface area (Å²) in [7, 11) is 0. The van der Waals surface area contributed by atoms with Crippen LogP contribution in [0.4, 0.5) is 11.4 Å². The zero-order valence-corrected chi connectivity index (χ0v) is 15.6. The highest BCUT2D eigenvalue weighted by Crippen LogP contribution is 2.42. The summed E-state index contributed by atoms with van der Waals surface area (Å²) in [4.78, 5) is 24.6. The fourth-order valence-electron chi connectivity index (χ4n) is 3.55. The smallest absolute Gasteiger partial charge is 0.235 e. The Morgan fingerprint density at radius 3 is 2.19 bits per heavy atom. The number of nitrogens with one attached hydrogen (secondary N) is 2. The van der Waals surface area contributed by atoms with Gasteiger partial charge in [0.2, 0.25) is 11.8 Å². The first-order valence-electron chi connectivity index (χ1n) is 9.01. The Hall–Kier alpha value is -2.33. The van der Waals surface area contributed by atoms with E-state index < -0.39 is 5.41 Å². The van der Waals surface area contributed by atoms with Gasteiger partial charge in [-0.25, -0.2) is 0 Å². The second-order valence-corrected chi connectivity index (χ2v) is 7.17. The minimum atomic E-state index is -0.528. The van der Waals surface area contributed by atoms with Crippen LogP contribution in [0, 0.1) is 0 Å². The van der Waals surface area contributed by atoms with E-state index in [9.17, 15) is 9.59 Å². The minimum Gasteiger partial charge on any atom is -0.326 e. The van der Waals surface area contributed by atoms with Crippen molar-refractivity contribution in [2.45, 2.75) is 44.4 Å². The van der Waals surface area contributed by atoms with Crippen LogP contribution in [0.2, 0.25) is 5.02 Å². The molecule has 0 saturated heterocycles. The molecule has 2 aromatic rings. The monoisotopic (exact) mass is 370 g/mol. The van der Waals surface area contributed by atoms with Gasteiger partial charge in [-0.05, 0) is 54.8 Å². The molecule has 1 aliphatic rings. The van der Waals surface area contributed by atoms with Crippen LogP contribution in [0.3, 0.4) is 0 Å². The lowest BCUT2D eigenvalue weighted by Gasteiger charge is -2.28. The van der Waals surface area contributed by atoms with Gasteiger partial charge in [-0.15, -0.1) is 0 Å². The molecule has 0 heterocycles. The number of amides is 2. The van der Waals surface area contributed by atoms with Crippen LogP contribution in [0.15, 0.2) is 48.5 Å². The number of rotatable bonds is 5. The molecule has 0 aliphatic heterocycles. The molecular weight excluding hydrogens is 348 g/mol. The van der Waals surface area contributed by atoms with Crippen molar-refractivity contribution < 1.29 is 9.59 Å². The highest BCUT2D eigenvalue weighted by Gasteiger charge is 2.42. The van der Waals surface area contributed by atoms with E-state index in [1.54, 1.807) is 19.1 Å². The molecule has 2 amide bonds. The van der Waals surface area contributed by atoms with E-state index in [4.69, 9.17) is 11.6 Å². The summed E-state index contributed by atoms with van der Waals surface area (Å²) in [6, 6.07) is 14.8. The predicted molar refractivity (Wildman–Crippen MR) is 106 cm³/mol. The summed E-state index contributed by atoms with van der Waals surface area (Å²) in [5.41, 5.74) is 1.89. The van der Waals surface area contributed by atoms with E-state index in [1.165, 1.54) is 0 Å². The molecule has 0 radical (unpaired) electrons. The lowest BCUT2D eigenvalue weighted by molar-refractivity contribution is -0.121. The zero-order chi connectivity index (χ0) is 18.6. The molecule has 2 aromatic carbocycles. The fourth-order valence-corrected chi connectivity index (χ4v) is 3.74. The standard InChI is InChI=1S/C21H23ClN2O2/c1-2-19(25)23-17-8-10-18(11-9-17)24-20(26)21(12-3-4-13-21)15-6-5-7-16(22)14-15/h5-11,14H,2-4,12-13H2,1H3,(H,23,25)(H,24,26). The first kappa shape index (κ1) is 18.5. The number of anilines is 2. The normalized spacial score (nSPS) is 15.5. The number of carbonyl (C=O) groups is 2. The Bertz CT molecular complexity index is 796. The Morgan fingerprint density at radius 1 is 1.00 bits per heavy atom. The van der Waals surface area contributed by atoms with Crippen molar-refractivity contribution in [3.05, 3.63) is 59.1 Å². The first-order valence-corrected chi connectivity index (χ1v) is 9.39. The van der Waals surface area contributed by atoms with Gasteiger partial charge in [-0.1, -0.05) is 43.5 Å². The van der Waals surface area contributed by atoms with E-state index in [2.05, 4.69) is 10.6 Å². The van der Waals surface area contributed by atoms with Gasteiger partial charge in [0.05, 0.1) is 5.41 Å². The van der Waals surface area contributed by atoms with Gasteiger partial charge in [0, 0.05) is 22.8 Å². The Kier molecular flexibility index (Phi) is 5.62. The lowest BCUT2D eigenvalue weighted by Crippen LogP contribution is -2.38. The van der Waals surface area contributed by atoms with Crippen LogP contribution < -0.4 is 10.6 Å². The van der Waals surface area contributed by atoms with Gasteiger partial charge in [0.25, 0.3) is 0 Å². The summed E-state index contributed by atoms with van der Waals surface area (Å²) in [5.74, 6) is -0.0322. The van der Waals surface area contributed by atoms with Crippen molar-refractivity contribution in [1.29, 1.82) is 0 Å². The SMILES string of the molecule is CCC(=O)Nc1ccc(NC(=O)C2(c3cccc(Cl)c3)CCCC2)cc1. The highest BCUT2D eigenvalue weighted by molar-refractivity contribution is 6.30. The molecule has 2 N–H and O–H groups in total. The third-order valence-electron chi connectivity index (χ3n) is 5.02. The van der Waals surface area contributed by atoms with Crippen molar-refractivity contribution in [3.8, 4) is 0 Å². The topological polar surface area (TPSA) is 58.2 Å².